The summed E-state index contributed by atoms with van der Waals surface area (Å²) >= 11 is 0. The summed E-state index contributed by atoms with van der Waals surface area (Å²) in [5, 5.41) is 12.4. The number of benzene rings is 3. The lowest BCUT2D eigenvalue weighted by atomic mass is 9.84. The standard InChI is InChI=1S/C33H40N4O2/c1-33(2,3)30(37(22-13-20-34-21-23-38)32(39)28-18-11-6-12-19-28)31-35-29(27-16-9-5-10-17-27)25-36(31)24-26-14-7-4-8-15-26/h4-12,14-19,25,30,34,38H,13,20-24H2,1-3H3/t30-/m0/s1. The lowest BCUT2D eigenvalue weighted by Gasteiger charge is -2.40. The Bertz CT molecular complexity index is 1300. The quantitative estimate of drug-likeness (QED) is 0.230. The number of rotatable bonds is 12. The van der Waals surface area contributed by atoms with Gasteiger partial charge in [0.25, 0.3) is 5.91 Å². The van der Waals surface area contributed by atoms with E-state index in [1.165, 1.54) is 5.56 Å². The van der Waals surface area contributed by atoms with Gasteiger partial charge >= 0.3 is 0 Å². The molecule has 204 valence electrons. The maximum absolute atomic E-state index is 14.1. The van der Waals surface area contributed by atoms with Crippen molar-refractivity contribution in [2.24, 2.45) is 5.41 Å². The normalized spacial score (nSPS) is 12.3. The highest BCUT2D eigenvalue weighted by atomic mass is 16.3. The Morgan fingerprint density at radius 2 is 1.54 bits per heavy atom. The molecule has 4 aromatic rings. The Kier molecular flexibility index (Phi) is 9.69. The Hall–Kier alpha value is -3.74. The monoisotopic (exact) mass is 524 g/mol. The number of hydrogen-bond donors (Lipinski definition) is 2. The minimum absolute atomic E-state index is 0.00629. The highest BCUT2D eigenvalue weighted by molar-refractivity contribution is 5.94. The average Bonchev–Trinajstić information content (AvgIpc) is 3.35. The molecule has 0 saturated carbocycles. The molecule has 3 aromatic carbocycles. The molecule has 4 rings (SSSR count). The lowest BCUT2D eigenvalue weighted by Crippen LogP contribution is -2.43. The van der Waals surface area contributed by atoms with Crippen molar-refractivity contribution >= 4 is 5.91 Å². The number of carbonyl (C=O) groups excluding carboxylic acids is 1. The van der Waals surface area contributed by atoms with Crippen LogP contribution in [0.15, 0.2) is 97.2 Å². The van der Waals surface area contributed by atoms with E-state index in [1.54, 1.807) is 0 Å². The molecule has 0 radical (unpaired) electrons. The minimum Gasteiger partial charge on any atom is -0.395 e. The third-order valence-electron chi connectivity index (χ3n) is 6.77. The SMILES string of the molecule is CC(C)(C)[C@H](c1nc(-c2ccccc2)cn1Cc1ccccc1)N(CCCNCCO)C(=O)c1ccccc1. The fraction of sp³-hybridized carbons (Fsp3) is 0.333. The van der Waals surface area contributed by atoms with E-state index < -0.39 is 0 Å². The van der Waals surface area contributed by atoms with Crippen molar-refractivity contribution < 1.29 is 9.90 Å². The number of aliphatic hydroxyl groups excluding tert-OH is 1. The summed E-state index contributed by atoms with van der Waals surface area (Å²) in [5.74, 6) is 0.867. The fourth-order valence-electron chi connectivity index (χ4n) is 4.97. The highest BCUT2D eigenvalue weighted by Gasteiger charge is 2.38. The van der Waals surface area contributed by atoms with Crippen LogP contribution in [0.25, 0.3) is 11.3 Å². The van der Waals surface area contributed by atoms with Gasteiger partial charge in [-0.1, -0.05) is 99.6 Å². The van der Waals surface area contributed by atoms with Crippen LogP contribution in [0.1, 0.15) is 55.0 Å². The van der Waals surface area contributed by atoms with Crippen LogP contribution < -0.4 is 5.32 Å². The van der Waals surface area contributed by atoms with Gasteiger partial charge in [-0.15, -0.1) is 0 Å². The minimum atomic E-state index is -0.295. The predicted molar refractivity (Wildman–Crippen MR) is 157 cm³/mol. The molecule has 0 aliphatic carbocycles. The van der Waals surface area contributed by atoms with E-state index in [0.717, 1.165) is 23.5 Å². The lowest BCUT2D eigenvalue weighted by molar-refractivity contribution is 0.0480. The van der Waals surface area contributed by atoms with Crippen LogP contribution in [0.2, 0.25) is 0 Å². The first-order valence-electron chi connectivity index (χ1n) is 13.7. The van der Waals surface area contributed by atoms with Crippen LogP contribution in [0.5, 0.6) is 0 Å². The molecule has 0 saturated heterocycles. The number of carbonyl (C=O) groups is 1. The van der Waals surface area contributed by atoms with Gasteiger partial charge in [-0.25, -0.2) is 4.98 Å². The van der Waals surface area contributed by atoms with E-state index in [-0.39, 0.29) is 24.0 Å². The van der Waals surface area contributed by atoms with Crippen molar-refractivity contribution in [2.45, 2.75) is 39.8 Å². The van der Waals surface area contributed by atoms with Crippen LogP contribution in [0, 0.1) is 5.41 Å². The van der Waals surface area contributed by atoms with Crippen molar-refractivity contribution in [1.82, 2.24) is 19.8 Å². The van der Waals surface area contributed by atoms with Gasteiger partial charge in [0.05, 0.1) is 18.3 Å². The van der Waals surface area contributed by atoms with Gasteiger partial charge in [-0.3, -0.25) is 4.79 Å². The van der Waals surface area contributed by atoms with Crippen LogP contribution in [0.3, 0.4) is 0 Å². The summed E-state index contributed by atoms with van der Waals surface area (Å²) in [7, 11) is 0. The second-order valence-corrected chi connectivity index (χ2v) is 10.9. The molecule has 1 atom stereocenters. The van der Waals surface area contributed by atoms with Crippen molar-refractivity contribution in [3.05, 3.63) is 114 Å². The number of hydrogen-bond acceptors (Lipinski definition) is 4. The molecule has 2 N–H and O–H groups in total. The number of nitrogens with one attached hydrogen (secondary N) is 1. The molecular formula is C33H40N4O2. The Labute approximate surface area is 232 Å². The third-order valence-corrected chi connectivity index (χ3v) is 6.77. The smallest absolute Gasteiger partial charge is 0.254 e. The molecule has 39 heavy (non-hydrogen) atoms. The van der Waals surface area contributed by atoms with E-state index in [1.807, 2.05) is 59.5 Å². The van der Waals surface area contributed by atoms with E-state index in [9.17, 15) is 4.79 Å². The van der Waals surface area contributed by atoms with Crippen molar-refractivity contribution in [3.63, 3.8) is 0 Å². The van der Waals surface area contributed by atoms with Crippen molar-refractivity contribution in [3.8, 4) is 11.3 Å². The van der Waals surface area contributed by atoms with E-state index in [0.29, 0.717) is 31.7 Å². The van der Waals surface area contributed by atoms with Gasteiger partial charge in [0.2, 0.25) is 0 Å². The van der Waals surface area contributed by atoms with Crippen LogP contribution in [-0.4, -0.2) is 51.7 Å². The van der Waals surface area contributed by atoms with Gasteiger partial charge in [-0.05, 0) is 36.1 Å². The second-order valence-electron chi connectivity index (χ2n) is 10.9. The number of aromatic nitrogens is 2. The predicted octanol–water partition coefficient (Wildman–Crippen LogP) is 5.80. The van der Waals surface area contributed by atoms with Crippen LogP contribution in [-0.2, 0) is 6.54 Å². The number of nitrogens with zero attached hydrogens (tertiary/aromatic N) is 3. The maximum atomic E-state index is 14.1. The number of aliphatic hydroxyl groups is 1. The summed E-state index contributed by atoms with van der Waals surface area (Å²) in [6.45, 7) is 9.10. The van der Waals surface area contributed by atoms with Gasteiger partial charge in [0.1, 0.15) is 5.82 Å². The van der Waals surface area contributed by atoms with E-state index >= 15 is 0 Å². The maximum Gasteiger partial charge on any atom is 0.254 e. The highest BCUT2D eigenvalue weighted by Crippen LogP contribution is 2.40. The Morgan fingerprint density at radius 3 is 2.15 bits per heavy atom. The Balaban J connectivity index is 1.80. The molecular weight excluding hydrogens is 484 g/mol. The molecule has 0 aliphatic heterocycles. The van der Waals surface area contributed by atoms with Crippen molar-refractivity contribution in [2.75, 3.05) is 26.2 Å². The summed E-state index contributed by atoms with van der Waals surface area (Å²) in [5.41, 5.74) is 3.49. The molecule has 1 amide bonds. The molecule has 6 heteroatoms. The second kappa shape index (κ2) is 13.4. The first-order chi connectivity index (χ1) is 18.9. The Morgan fingerprint density at radius 1 is 0.923 bits per heavy atom. The molecule has 0 fully saturated rings. The molecule has 0 bridgehead atoms. The van der Waals surface area contributed by atoms with E-state index in [4.69, 9.17) is 10.1 Å². The zero-order valence-corrected chi connectivity index (χ0v) is 23.3. The zero-order valence-electron chi connectivity index (χ0n) is 23.3. The van der Waals surface area contributed by atoms with Crippen molar-refractivity contribution in [1.29, 1.82) is 0 Å². The van der Waals surface area contributed by atoms with Gasteiger partial charge in [-0.2, -0.15) is 0 Å². The molecule has 0 aliphatic rings. The van der Waals surface area contributed by atoms with Crippen LogP contribution >= 0.6 is 0 Å². The molecule has 0 unspecified atom stereocenters. The average molecular weight is 525 g/mol. The fourth-order valence-corrected chi connectivity index (χ4v) is 4.97. The molecule has 1 aromatic heterocycles. The summed E-state index contributed by atoms with van der Waals surface area (Å²) in [4.78, 5) is 21.3. The largest absolute Gasteiger partial charge is 0.395 e. The molecule has 1 heterocycles. The van der Waals surface area contributed by atoms with Gasteiger partial charge < -0.3 is 19.9 Å². The zero-order chi connectivity index (χ0) is 27.7. The van der Waals surface area contributed by atoms with Crippen LogP contribution in [0.4, 0.5) is 0 Å². The summed E-state index contributed by atoms with van der Waals surface area (Å²) in [6, 6.07) is 29.8. The van der Waals surface area contributed by atoms with Gasteiger partial charge in [0.15, 0.2) is 0 Å². The first kappa shape index (κ1) is 28.3. The molecule has 0 spiro atoms. The third kappa shape index (κ3) is 7.43. The van der Waals surface area contributed by atoms with E-state index in [2.05, 4.69) is 73.3 Å². The topological polar surface area (TPSA) is 70.4 Å². The number of imidazole rings is 1. The number of amides is 1. The summed E-state index contributed by atoms with van der Waals surface area (Å²) < 4.78 is 2.21. The summed E-state index contributed by atoms with van der Waals surface area (Å²) in [6.07, 6.45) is 2.88. The first-order valence-corrected chi connectivity index (χ1v) is 13.7. The van der Waals surface area contributed by atoms with Gasteiger partial charge in [0, 0.05) is 37.0 Å². The molecule has 6 nitrogen and oxygen atoms in total.